The van der Waals surface area contributed by atoms with Crippen molar-refractivity contribution in [1.82, 2.24) is 4.98 Å². The van der Waals surface area contributed by atoms with Crippen LogP contribution in [0.4, 0.5) is 20.4 Å². The fourth-order valence-corrected chi connectivity index (χ4v) is 1.85. The van der Waals surface area contributed by atoms with Gasteiger partial charge in [-0.3, -0.25) is 0 Å². The third-order valence-electron chi connectivity index (χ3n) is 2.66. The Morgan fingerprint density at radius 2 is 2.00 bits per heavy atom. The molecule has 0 bridgehead atoms. The van der Waals surface area contributed by atoms with Crippen molar-refractivity contribution in [2.45, 2.75) is 13.0 Å². The number of nitrogens with two attached hydrogens (primary N) is 1. The first-order valence-electron chi connectivity index (χ1n) is 5.61. The van der Waals surface area contributed by atoms with Gasteiger partial charge in [-0.25, -0.2) is 13.8 Å². The normalized spacial score (nSPS) is 12.2. The van der Waals surface area contributed by atoms with Gasteiger partial charge in [0.1, 0.15) is 0 Å². The molecule has 19 heavy (non-hydrogen) atoms. The predicted octanol–water partition coefficient (Wildman–Crippen LogP) is 3.77. The smallest absolute Gasteiger partial charge is 0.168 e. The molecule has 3 nitrogen and oxygen atoms in total. The Morgan fingerprint density at radius 1 is 1.26 bits per heavy atom. The Balaban J connectivity index is 2.24. The summed E-state index contributed by atoms with van der Waals surface area (Å²) in [6.07, 6.45) is 0. The SMILES string of the molecule is CC(Nc1nc(N)c(F)cc1F)c1cccc(Cl)c1. The maximum absolute atomic E-state index is 13.5. The molecule has 0 aliphatic carbocycles. The molecule has 0 aliphatic rings. The fourth-order valence-electron chi connectivity index (χ4n) is 1.65. The van der Waals surface area contributed by atoms with Crippen molar-refractivity contribution in [3.8, 4) is 0 Å². The first kappa shape index (κ1) is 13.5. The van der Waals surface area contributed by atoms with Crippen LogP contribution in [0.25, 0.3) is 0 Å². The molecular weight excluding hydrogens is 272 g/mol. The highest BCUT2D eigenvalue weighted by molar-refractivity contribution is 6.30. The Labute approximate surface area is 114 Å². The second-order valence-electron chi connectivity index (χ2n) is 4.11. The van der Waals surface area contributed by atoms with Gasteiger partial charge in [0.25, 0.3) is 0 Å². The number of aromatic nitrogens is 1. The molecule has 1 aromatic carbocycles. The minimum atomic E-state index is -0.876. The van der Waals surface area contributed by atoms with Crippen molar-refractivity contribution >= 4 is 23.2 Å². The zero-order chi connectivity index (χ0) is 14.0. The van der Waals surface area contributed by atoms with E-state index in [1.807, 2.05) is 13.0 Å². The fraction of sp³-hybridized carbons (Fsp3) is 0.154. The number of hydrogen-bond donors (Lipinski definition) is 2. The highest BCUT2D eigenvalue weighted by Gasteiger charge is 2.13. The lowest BCUT2D eigenvalue weighted by molar-refractivity contribution is 0.578. The summed E-state index contributed by atoms with van der Waals surface area (Å²) in [6, 6.07) is 7.59. The van der Waals surface area contributed by atoms with Crippen LogP contribution in [0, 0.1) is 11.6 Å². The van der Waals surface area contributed by atoms with Crippen LogP contribution in [-0.4, -0.2) is 4.98 Å². The van der Waals surface area contributed by atoms with Gasteiger partial charge in [0, 0.05) is 11.1 Å². The molecule has 1 unspecified atom stereocenters. The summed E-state index contributed by atoms with van der Waals surface area (Å²) in [7, 11) is 0. The van der Waals surface area contributed by atoms with Crippen molar-refractivity contribution in [3.05, 3.63) is 52.6 Å². The lowest BCUT2D eigenvalue weighted by atomic mass is 10.1. The maximum atomic E-state index is 13.5. The van der Waals surface area contributed by atoms with Gasteiger partial charge in [0.05, 0.1) is 6.04 Å². The molecule has 1 atom stereocenters. The van der Waals surface area contributed by atoms with E-state index < -0.39 is 11.6 Å². The summed E-state index contributed by atoms with van der Waals surface area (Å²) in [5, 5.41) is 3.41. The summed E-state index contributed by atoms with van der Waals surface area (Å²) in [6.45, 7) is 1.81. The quantitative estimate of drug-likeness (QED) is 0.901. The molecular formula is C13H12ClF2N3. The molecule has 2 aromatic rings. The summed E-state index contributed by atoms with van der Waals surface area (Å²) in [5.74, 6) is -2.10. The highest BCUT2D eigenvalue weighted by atomic mass is 35.5. The number of halogens is 3. The third kappa shape index (κ3) is 3.12. The van der Waals surface area contributed by atoms with Crippen LogP contribution in [0.15, 0.2) is 30.3 Å². The molecule has 6 heteroatoms. The first-order valence-corrected chi connectivity index (χ1v) is 5.98. The summed E-state index contributed by atoms with van der Waals surface area (Å²) < 4.78 is 26.5. The second-order valence-corrected chi connectivity index (χ2v) is 4.54. The Morgan fingerprint density at radius 3 is 2.68 bits per heavy atom. The largest absolute Gasteiger partial charge is 0.381 e. The highest BCUT2D eigenvalue weighted by Crippen LogP contribution is 2.23. The van der Waals surface area contributed by atoms with E-state index in [0.29, 0.717) is 11.1 Å². The Hall–Kier alpha value is -1.88. The number of anilines is 2. The molecule has 0 fully saturated rings. The lowest BCUT2D eigenvalue weighted by Gasteiger charge is -2.16. The van der Waals surface area contributed by atoms with Crippen LogP contribution in [-0.2, 0) is 0 Å². The van der Waals surface area contributed by atoms with E-state index in [4.69, 9.17) is 17.3 Å². The lowest BCUT2D eigenvalue weighted by Crippen LogP contribution is -2.11. The molecule has 3 N–H and O–H groups in total. The van der Waals surface area contributed by atoms with Crippen LogP contribution in [0.3, 0.4) is 0 Å². The zero-order valence-electron chi connectivity index (χ0n) is 10.1. The van der Waals surface area contributed by atoms with Gasteiger partial charge in [-0.05, 0) is 24.6 Å². The van der Waals surface area contributed by atoms with Gasteiger partial charge in [-0.2, -0.15) is 0 Å². The molecule has 1 heterocycles. The molecule has 0 spiro atoms. The predicted molar refractivity (Wildman–Crippen MR) is 72.1 cm³/mol. The van der Waals surface area contributed by atoms with Crippen LogP contribution in [0.2, 0.25) is 5.02 Å². The second kappa shape index (κ2) is 5.40. The van der Waals surface area contributed by atoms with Gasteiger partial charge >= 0.3 is 0 Å². The van der Waals surface area contributed by atoms with Crippen molar-refractivity contribution in [3.63, 3.8) is 0 Å². The van der Waals surface area contributed by atoms with E-state index in [9.17, 15) is 8.78 Å². The number of rotatable bonds is 3. The molecule has 1 aromatic heterocycles. The third-order valence-corrected chi connectivity index (χ3v) is 2.89. The molecule has 100 valence electrons. The average molecular weight is 284 g/mol. The van der Waals surface area contributed by atoms with Gasteiger partial charge < -0.3 is 11.1 Å². The topological polar surface area (TPSA) is 50.9 Å². The van der Waals surface area contributed by atoms with E-state index in [-0.39, 0.29) is 17.7 Å². The van der Waals surface area contributed by atoms with Crippen molar-refractivity contribution in [1.29, 1.82) is 0 Å². The monoisotopic (exact) mass is 283 g/mol. The maximum Gasteiger partial charge on any atom is 0.168 e. The molecule has 0 saturated heterocycles. The standard InChI is InChI=1S/C13H12ClF2N3/c1-7(8-3-2-4-9(14)5-8)18-13-11(16)6-10(15)12(17)19-13/h2-7H,1H3,(H3,17,18,19). The van der Waals surface area contributed by atoms with E-state index in [2.05, 4.69) is 10.3 Å². The average Bonchev–Trinajstić information content (AvgIpc) is 2.36. The van der Waals surface area contributed by atoms with E-state index in [1.54, 1.807) is 18.2 Å². The van der Waals surface area contributed by atoms with Crippen LogP contribution >= 0.6 is 11.6 Å². The van der Waals surface area contributed by atoms with Gasteiger partial charge in [0.2, 0.25) is 0 Å². The Bertz CT molecular complexity index is 604. The number of benzene rings is 1. The van der Waals surface area contributed by atoms with E-state index in [1.165, 1.54) is 0 Å². The summed E-state index contributed by atoms with van der Waals surface area (Å²) >= 11 is 5.88. The zero-order valence-corrected chi connectivity index (χ0v) is 10.9. The van der Waals surface area contributed by atoms with Crippen molar-refractivity contribution in [2.75, 3.05) is 11.1 Å². The number of hydrogen-bond acceptors (Lipinski definition) is 3. The minimum absolute atomic E-state index is 0.0913. The van der Waals surface area contributed by atoms with Crippen molar-refractivity contribution in [2.24, 2.45) is 0 Å². The van der Waals surface area contributed by atoms with E-state index >= 15 is 0 Å². The first-order chi connectivity index (χ1) is 8.97. The number of pyridine rings is 1. The number of nitrogens with zero attached hydrogens (tertiary/aromatic N) is 1. The molecule has 0 radical (unpaired) electrons. The van der Waals surface area contributed by atoms with Crippen molar-refractivity contribution < 1.29 is 8.78 Å². The molecule has 0 amide bonds. The Kier molecular flexibility index (Phi) is 3.85. The molecule has 0 aliphatic heterocycles. The van der Waals surface area contributed by atoms with Crippen LogP contribution in [0.5, 0.6) is 0 Å². The molecule has 0 saturated carbocycles. The minimum Gasteiger partial charge on any atom is -0.381 e. The molecule has 2 rings (SSSR count). The summed E-state index contributed by atoms with van der Waals surface area (Å²) in [4.78, 5) is 3.64. The van der Waals surface area contributed by atoms with E-state index in [0.717, 1.165) is 5.56 Å². The van der Waals surface area contributed by atoms with Gasteiger partial charge in [-0.1, -0.05) is 23.7 Å². The van der Waals surface area contributed by atoms with Crippen LogP contribution < -0.4 is 11.1 Å². The van der Waals surface area contributed by atoms with Gasteiger partial charge in [-0.15, -0.1) is 0 Å². The number of nitrogen functional groups attached to an aromatic ring is 1. The summed E-state index contributed by atoms with van der Waals surface area (Å²) in [5.41, 5.74) is 6.17. The van der Waals surface area contributed by atoms with Gasteiger partial charge in [0.15, 0.2) is 23.3 Å². The number of nitrogens with one attached hydrogen (secondary N) is 1. The van der Waals surface area contributed by atoms with Crippen LogP contribution in [0.1, 0.15) is 18.5 Å².